The molecule has 264 valence electrons. The summed E-state index contributed by atoms with van der Waals surface area (Å²) >= 11 is 0. The molecule has 56 heavy (non-hydrogen) atoms. The van der Waals surface area contributed by atoms with Gasteiger partial charge in [0.1, 0.15) is 11.3 Å². The number of rotatable bonds is 8. The first-order valence-electron chi connectivity index (χ1n) is 19.1. The van der Waals surface area contributed by atoms with E-state index in [2.05, 4.69) is 211 Å². The number of hydrogen-bond donors (Lipinski definition) is 0. The Labute approximate surface area is 327 Å². The molecule has 0 saturated heterocycles. The zero-order valence-corrected chi connectivity index (χ0v) is 30.7. The Hall–Kier alpha value is -7.42. The van der Waals surface area contributed by atoms with Gasteiger partial charge in [-0.05, 0) is 86.8 Å². The van der Waals surface area contributed by atoms with Crippen LogP contribution in [0.3, 0.4) is 0 Å². The van der Waals surface area contributed by atoms with Crippen molar-refractivity contribution in [2.24, 2.45) is 0 Å². The van der Waals surface area contributed by atoms with E-state index in [1.807, 2.05) is 18.2 Å². The maximum Gasteiger partial charge on any atom is 0.135 e. The largest absolute Gasteiger partial charge is 0.456 e. The molecule has 9 aromatic carbocycles. The summed E-state index contributed by atoms with van der Waals surface area (Å²) in [5.74, 6) is 0.868. The predicted octanol–water partition coefficient (Wildman–Crippen LogP) is 15.4. The maximum absolute atomic E-state index is 6.29. The fourth-order valence-corrected chi connectivity index (χ4v) is 8.03. The van der Waals surface area contributed by atoms with E-state index in [1.54, 1.807) is 0 Å². The molecular weight excluding hydrogens is 679 g/mol. The molecule has 0 atom stereocenters. The zero-order valence-electron chi connectivity index (χ0n) is 30.7. The highest BCUT2D eigenvalue weighted by Crippen LogP contribution is 2.46. The molecule has 10 rings (SSSR count). The van der Waals surface area contributed by atoms with Crippen molar-refractivity contribution in [1.82, 2.24) is 0 Å². The van der Waals surface area contributed by atoms with Gasteiger partial charge in [0, 0.05) is 27.6 Å². The molecular formula is C54H37NO. The van der Waals surface area contributed by atoms with Crippen molar-refractivity contribution in [2.45, 2.75) is 0 Å². The van der Waals surface area contributed by atoms with E-state index in [-0.39, 0.29) is 0 Å². The fourth-order valence-electron chi connectivity index (χ4n) is 8.03. The van der Waals surface area contributed by atoms with Crippen LogP contribution in [0.25, 0.3) is 77.6 Å². The Bertz CT molecular complexity index is 2930. The van der Waals surface area contributed by atoms with Crippen LogP contribution in [0.15, 0.2) is 229 Å². The lowest BCUT2D eigenvalue weighted by molar-refractivity contribution is 0.631. The Morgan fingerprint density at radius 1 is 0.304 bits per heavy atom. The van der Waals surface area contributed by atoms with Crippen LogP contribution in [-0.2, 0) is 0 Å². The third-order valence-electron chi connectivity index (χ3n) is 10.7. The van der Waals surface area contributed by atoms with E-state index < -0.39 is 0 Å². The first kappa shape index (κ1) is 33.2. The summed E-state index contributed by atoms with van der Waals surface area (Å²) in [6, 6.07) is 80.1. The van der Waals surface area contributed by atoms with Crippen LogP contribution in [0, 0.1) is 0 Å². The van der Waals surface area contributed by atoms with E-state index >= 15 is 0 Å². The van der Waals surface area contributed by atoms with Gasteiger partial charge >= 0.3 is 0 Å². The van der Waals surface area contributed by atoms with Gasteiger partial charge in [0.25, 0.3) is 0 Å². The molecule has 0 radical (unpaired) electrons. The summed E-state index contributed by atoms with van der Waals surface area (Å²) in [5, 5.41) is 3.45. The van der Waals surface area contributed by atoms with Gasteiger partial charge in [0.05, 0.1) is 11.4 Å². The SMILES string of the molecule is c1ccc(-c2ccccc2-c2ccc(N(c3ccccc3-c3ccccc3)c3ccc(-c4cccc(-c5cc6ccccc6o5)c4)c4ccccc34)cc2)cc1. The Morgan fingerprint density at radius 3 is 1.59 bits per heavy atom. The van der Waals surface area contributed by atoms with Crippen molar-refractivity contribution in [1.29, 1.82) is 0 Å². The number of nitrogens with zero attached hydrogens (tertiary/aromatic N) is 1. The summed E-state index contributed by atoms with van der Waals surface area (Å²) in [6.45, 7) is 0. The van der Waals surface area contributed by atoms with Crippen LogP contribution in [0.2, 0.25) is 0 Å². The zero-order chi connectivity index (χ0) is 37.3. The molecule has 0 unspecified atom stereocenters. The number of hydrogen-bond acceptors (Lipinski definition) is 2. The first-order chi connectivity index (χ1) is 27.8. The maximum atomic E-state index is 6.29. The average Bonchev–Trinajstić information content (AvgIpc) is 3.73. The normalized spacial score (nSPS) is 11.2. The summed E-state index contributed by atoms with van der Waals surface area (Å²) in [5.41, 5.74) is 14.7. The van der Waals surface area contributed by atoms with Gasteiger partial charge in [-0.3, -0.25) is 0 Å². The molecule has 2 nitrogen and oxygen atoms in total. The quantitative estimate of drug-likeness (QED) is 0.156. The van der Waals surface area contributed by atoms with Crippen LogP contribution in [-0.4, -0.2) is 0 Å². The molecule has 0 amide bonds. The van der Waals surface area contributed by atoms with Crippen LogP contribution < -0.4 is 4.90 Å². The van der Waals surface area contributed by atoms with Gasteiger partial charge in [0.2, 0.25) is 0 Å². The van der Waals surface area contributed by atoms with E-state index in [0.29, 0.717) is 0 Å². The molecule has 0 aliphatic carbocycles. The minimum absolute atomic E-state index is 0.868. The monoisotopic (exact) mass is 715 g/mol. The number of anilines is 3. The molecule has 1 heterocycles. The first-order valence-corrected chi connectivity index (χ1v) is 19.1. The lowest BCUT2D eigenvalue weighted by atomic mass is 9.93. The van der Waals surface area contributed by atoms with E-state index in [1.165, 1.54) is 49.7 Å². The van der Waals surface area contributed by atoms with Crippen LogP contribution in [0.4, 0.5) is 17.1 Å². The smallest absolute Gasteiger partial charge is 0.135 e. The Morgan fingerprint density at radius 2 is 0.857 bits per heavy atom. The number of benzene rings is 9. The van der Waals surface area contributed by atoms with Crippen molar-refractivity contribution in [3.8, 4) is 55.8 Å². The highest BCUT2D eigenvalue weighted by molar-refractivity contribution is 6.07. The molecule has 0 N–H and O–H groups in total. The molecule has 0 fully saturated rings. The highest BCUT2D eigenvalue weighted by Gasteiger charge is 2.21. The third-order valence-corrected chi connectivity index (χ3v) is 10.7. The van der Waals surface area contributed by atoms with E-state index in [0.717, 1.165) is 44.9 Å². The number of furan rings is 1. The lowest BCUT2D eigenvalue weighted by Gasteiger charge is -2.29. The van der Waals surface area contributed by atoms with Crippen molar-refractivity contribution >= 4 is 38.8 Å². The number of para-hydroxylation sites is 2. The molecule has 0 saturated carbocycles. The van der Waals surface area contributed by atoms with Crippen LogP contribution in [0.5, 0.6) is 0 Å². The Balaban J connectivity index is 1.12. The van der Waals surface area contributed by atoms with E-state index in [4.69, 9.17) is 4.42 Å². The summed E-state index contributed by atoms with van der Waals surface area (Å²) in [7, 11) is 0. The minimum Gasteiger partial charge on any atom is -0.456 e. The van der Waals surface area contributed by atoms with Gasteiger partial charge < -0.3 is 9.32 Å². The highest BCUT2D eigenvalue weighted by atomic mass is 16.3. The molecule has 0 aliphatic heterocycles. The van der Waals surface area contributed by atoms with Crippen molar-refractivity contribution < 1.29 is 4.42 Å². The summed E-state index contributed by atoms with van der Waals surface area (Å²) in [4.78, 5) is 2.42. The lowest BCUT2D eigenvalue weighted by Crippen LogP contribution is -2.12. The standard InChI is InChI=1S/C54H37NO/c1-3-16-38(17-4-1)45-23-8-9-24-46(45)40-30-32-44(33-31-40)55(51-28-13-12-25-48(51)39-18-5-2-6-19-39)52-35-34-47(49-26-10-11-27-50(49)52)41-21-15-22-42(36-41)54-37-43-20-7-14-29-53(43)56-54/h1-37H. The average molecular weight is 716 g/mol. The Kier molecular flexibility index (Phi) is 8.55. The van der Waals surface area contributed by atoms with Crippen LogP contribution >= 0.6 is 0 Å². The van der Waals surface area contributed by atoms with Gasteiger partial charge in [-0.15, -0.1) is 0 Å². The second-order valence-electron chi connectivity index (χ2n) is 14.1. The van der Waals surface area contributed by atoms with Gasteiger partial charge in [-0.2, -0.15) is 0 Å². The van der Waals surface area contributed by atoms with Crippen molar-refractivity contribution in [3.63, 3.8) is 0 Å². The van der Waals surface area contributed by atoms with Crippen molar-refractivity contribution in [3.05, 3.63) is 224 Å². The molecule has 2 heteroatoms. The molecule has 1 aromatic heterocycles. The van der Waals surface area contributed by atoms with Gasteiger partial charge in [-0.1, -0.05) is 182 Å². The van der Waals surface area contributed by atoms with Gasteiger partial charge in [-0.25, -0.2) is 0 Å². The second kappa shape index (κ2) is 14.4. The molecule has 0 spiro atoms. The summed E-state index contributed by atoms with van der Waals surface area (Å²) < 4.78 is 6.29. The molecule has 10 aromatic rings. The topological polar surface area (TPSA) is 16.4 Å². The van der Waals surface area contributed by atoms with E-state index in [9.17, 15) is 0 Å². The summed E-state index contributed by atoms with van der Waals surface area (Å²) in [6.07, 6.45) is 0. The fraction of sp³-hybridized carbons (Fsp3) is 0. The minimum atomic E-state index is 0.868. The second-order valence-corrected chi connectivity index (χ2v) is 14.1. The van der Waals surface area contributed by atoms with Crippen LogP contribution in [0.1, 0.15) is 0 Å². The molecule has 0 aliphatic rings. The predicted molar refractivity (Wildman–Crippen MR) is 236 cm³/mol. The van der Waals surface area contributed by atoms with Gasteiger partial charge in [0.15, 0.2) is 0 Å². The molecule has 0 bridgehead atoms. The third kappa shape index (κ3) is 6.14. The number of fused-ring (bicyclic) bond motifs is 2. The van der Waals surface area contributed by atoms with Crippen molar-refractivity contribution in [2.75, 3.05) is 4.90 Å².